The van der Waals surface area contributed by atoms with Crippen LogP contribution in [0.4, 0.5) is 10.1 Å². The third kappa shape index (κ3) is 2.69. The molecule has 0 saturated heterocycles. The molecule has 0 amide bonds. The van der Waals surface area contributed by atoms with Crippen LogP contribution in [-0.2, 0) is 4.74 Å². The summed E-state index contributed by atoms with van der Waals surface area (Å²) in [6, 6.07) is 4.42. The molecule has 1 aromatic carbocycles. The maximum absolute atomic E-state index is 14.1. The quantitative estimate of drug-likeness (QED) is 0.461. The van der Waals surface area contributed by atoms with Crippen LogP contribution < -0.4 is 5.73 Å². The first-order valence-corrected chi connectivity index (χ1v) is 7.00. The molecule has 0 aliphatic carbocycles. The molecule has 0 aliphatic rings. The Kier molecular flexibility index (Phi) is 4.39. The van der Waals surface area contributed by atoms with Gasteiger partial charge < -0.3 is 15.0 Å². The minimum absolute atomic E-state index is 0.0531. The van der Waals surface area contributed by atoms with E-state index in [1.54, 1.807) is 0 Å². The number of hydrogen-bond acceptors (Lipinski definition) is 4. The van der Waals surface area contributed by atoms with Crippen LogP contribution in [0.3, 0.4) is 0 Å². The molecule has 0 aliphatic heterocycles. The maximum Gasteiger partial charge on any atom is 0.357 e. The zero-order valence-corrected chi connectivity index (χ0v) is 13.6. The van der Waals surface area contributed by atoms with Crippen molar-refractivity contribution in [3.05, 3.63) is 44.0 Å². The van der Waals surface area contributed by atoms with Crippen LogP contribution in [0.25, 0.3) is 5.69 Å². The summed E-state index contributed by atoms with van der Waals surface area (Å²) in [6.07, 6.45) is 1.28. The topological polar surface area (TPSA) is 81.0 Å². The lowest BCUT2D eigenvalue weighted by atomic mass is 10.2. The standard InChI is InChI=1S/C13H8ClFIN3O2/c1-21-13(20)12-11(18)6(4-17)5-19(12)10-3-9(16)7(14)2-8(10)15/h2-3,5H,18H2,1H3. The first-order valence-electron chi connectivity index (χ1n) is 5.54. The zero-order valence-electron chi connectivity index (χ0n) is 10.7. The molecule has 0 bridgehead atoms. The molecule has 0 fully saturated rings. The van der Waals surface area contributed by atoms with Gasteiger partial charge in [0.05, 0.1) is 29.1 Å². The van der Waals surface area contributed by atoms with Gasteiger partial charge in [0.2, 0.25) is 0 Å². The summed E-state index contributed by atoms with van der Waals surface area (Å²) in [5.41, 5.74) is 5.69. The minimum Gasteiger partial charge on any atom is -0.464 e. The number of methoxy groups -OCH3 is 1. The van der Waals surface area contributed by atoms with E-state index in [0.29, 0.717) is 3.57 Å². The summed E-state index contributed by atoms with van der Waals surface area (Å²) >= 11 is 7.77. The van der Waals surface area contributed by atoms with E-state index in [9.17, 15) is 9.18 Å². The number of nitrogens with two attached hydrogens (primary N) is 1. The zero-order chi connectivity index (χ0) is 15.7. The van der Waals surface area contributed by atoms with Crippen molar-refractivity contribution in [2.24, 2.45) is 0 Å². The van der Waals surface area contributed by atoms with Crippen molar-refractivity contribution < 1.29 is 13.9 Å². The summed E-state index contributed by atoms with van der Waals surface area (Å²) in [5.74, 6) is -1.41. The van der Waals surface area contributed by atoms with Crippen molar-refractivity contribution in [3.8, 4) is 11.8 Å². The van der Waals surface area contributed by atoms with E-state index < -0.39 is 11.8 Å². The number of hydrogen-bond donors (Lipinski definition) is 1. The van der Waals surface area contributed by atoms with Crippen molar-refractivity contribution in [1.82, 2.24) is 4.57 Å². The smallest absolute Gasteiger partial charge is 0.357 e. The van der Waals surface area contributed by atoms with Gasteiger partial charge in [-0.3, -0.25) is 0 Å². The number of esters is 1. The van der Waals surface area contributed by atoms with E-state index in [-0.39, 0.29) is 27.7 Å². The molecule has 0 saturated carbocycles. The van der Waals surface area contributed by atoms with E-state index in [1.165, 1.54) is 23.9 Å². The van der Waals surface area contributed by atoms with Crippen molar-refractivity contribution in [2.45, 2.75) is 0 Å². The lowest BCUT2D eigenvalue weighted by Gasteiger charge is -2.10. The molecule has 8 heteroatoms. The van der Waals surface area contributed by atoms with Crippen LogP contribution in [0.1, 0.15) is 16.1 Å². The highest BCUT2D eigenvalue weighted by atomic mass is 127. The fraction of sp³-hybridized carbons (Fsp3) is 0.0769. The Morgan fingerprint density at radius 3 is 2.81 bits per heavy atom. The van der Waals surface area contributed by atoms with E-state index in [0.717, 1.165) is 6.07 Å². The van der Waals surface area contributed by atoms with E-state index >= 15 is 0 Å². The second kappa shape index (κ2) is 5.91. The lowest BCUT2D eigenvalue weighted by Crippen LogP contribution is -2.12. The predicted molar refractivity (Wildman–Crippen MR) is 83.9 cm³/mol. The number of nitrogen functional groups attached to an aromatic ring is 1. The summed E-state index contributed by atoms with van der Waals surface area (Å²) < 4.78 is 20.5. The number of benzene rings is 1. The second-order valence-corrected chi connectivity index (χ2v) is 5.57. The van der Waals surface area contributed by atoms with Gasteiger partial charge in [0.25, 0.3) is 0 Å². The van der Waals surface area contributed by atoms with Gasteiger partial charge in [-0.1, -0.05) is 11.6 Å². The normalized spacial score (nSPS) is 10.2. The monoisotopic (exact) mass is 419 g/mol. The number of halogens is 3. The molecule has 21 heavy (non-hydrogen) atoms. The Bertz CT molecular complexity index is 783. The Morgan fingerprint density at radius 1 is 1.57 bits per heavy atom. The average molecular weight is 420 g/mol. The molecule has 2 N–H and O–H groups in total. The number of nitriles is 1. The van der Waals surface area contributed by atoms with Crippen molar-refractivity contribution in [3.63, 3.8) is 0 Å². The van der Waals surface area contributed by atoms with Crippen LogP contribution in [0.5, 0.6) is 0 Å². The van der Waals surface area contributed by atoms with Crippen molar-refractivity contribution in [1.29, 1.82) is 5.26 Å². The molecule has 1 heterocycles. The van der Waals surface area contributed by atoms with E-state index in [1.807, 2.05) is 28.7 Å². The highest BCUT2D eigenvalue weighted by Gasteiger charge is 2.23. The summed E-state index contributed by atoms with van der Waals surface area (Å²) in [6.45, 7) is 0. The molecular formula is C13H8ClFIN3O2. The molecular weight excluding hydrogens is 412 g/mol. The minimum atomic E-state index is -0.765. The van der Waals surface area contributed by atoms with Crippen LogP contribution >= 0.6 is 34.2 Å². The van der Waals surface area contributed by atoms with Gasteiger partial charge in [-0.2, -0.15) is 5.26 Å². The number of anilines is 1. The number of carbonyl (C=O) groups is 1. The molecule has 2 rings (SSSR count). The molecule has 2 aromatic rings. The van der Waals surface area contributed by atoms with Crippen molar-refractivity contribution >= 4 is 45.8 Å². The first-order chi connectivity index (χ1) is 9.90. The number of carbonyl (C=O) groups excluding carboxylic acids is 1. The fourth-order valence-electron chi connectivity index (χ4n) is 1.80. The van der Waals surface area contributed by atoms with Gasteiger partial charge in [-0.25, -0.2) is 9.18 Å². The Hall–Kier alpha value is -1.79. The summed E-state index contributed by atoms with van der Waals surface area (Å²) in [4.78, 5) is 11.8. The fourth-order valence-corrected chi connectivity index (χ4v) is 2.40. The molecule has 1 aromatic heterocycles. The molecule has 0 radical (unpaired) electrons. The van der Waals surface area contributed by atoms with Gasteiger partial charge >= 0.3 is 5.97 Å². The Morgan fingerprint density at radius 2 is 2.24 bits per heavy atom. The largest absolute Gasteiger partial charge is 0.464 e. The van der Waals surface area contributed by atoms with Crippen LogP contribution in [0.2, 0.25) is 5.02 Å². The van der Waals surface area contributed by atoms with Gasteiger partial charge in [0, 0.05) is 9.77 Å². The highest BCUT2D eigenvalue weighted by molar-refractivity contribution is 14.1. The van der Waals surface area contributed by atoms with E-state index in [2.05, 4.69) is 4.74 Å². The average Bonchev–Trinajstić information content (AvgIpc) is 2.78. The maximum atomic E-state index is 14.1. The SMILES string of the molecule is COC(=O)c1c(N)c(C#N)cn1-c1cc(I)c(Cl)cc1F. The molecule has 0 unspecified atom stereocenters. The Labute approximate surface area is 138 Å². The van der Waals surface area contributed by atoms with Gasteiger partial charge in [0.1, 0.15) is 11.9 Å². The van der Waals surface area contributed by atoms with Gasteiger partial charge in [-0.05, 0) is 34.7 Å². The molecule has 0 atom stereocenters. The number of aromatic nitrogens is 1. The van der Waals surface area contributed by atoms with Crippen LogP contribution in [0, 0.1) is 20.7 Å². The predicted octanol–water partition coefficient (Wildman–Crippen LogP) is 3.11. The molecule has 0 spiro atoms. The number of nitrogens with zero attached hydrogens (tertiary/aromatic N) is 2. The molecule has 108 valence electrons. The lowest BCUT2D eigenvalue weighted by molar-refractivity contribution is 0.0593. The van der Waals surface area contributed by atoms with Crippen LogP contribution in [0.15, 0.2) is 18.3 Å². The van der Waals surface area contributed by atoms with Crippen molar-refractivity contribution in [2.75, 3.05) is 12.8 Å². The summed E-state index contributed by atoms with van der Waals surface area (Å²) in [7, 11) is 1.17. The second-order valence-electron chi connectivity index (χ2n) is 4.00. The van der Waals surface area contributed by atoms with Crippen LogP contribution in [-0.4, -0.2) is 17.6 Å². The number of ether oxygens (including phenoxy) is 1. The number of rotatable bonds is 2. The highest BCUT2D eigenvalue weighted by Crippen LogP contribution is 2.29. The molecule has 5 nitrogen and oxygen atoms in total. The van der Waals surface area contributed by atoms with Gasteiger partial charge in [0.15, 0.2) is 5.69 Å². The van der Waals surface area contributed by atoms with E-state index in [4.69, 9.17) is 22.6 Å². The first kappa shape index (κ1) is 15.6. The third-order valence-corrected chi connectivity index (χ3v) is 4.32. The van der Waals surface area contributed by atoms with Gasteiger partial charge in [-0.15, -0.1) is 0 Å². The summed E-state index contributed by atoms with van der Waals surface area (Å²) in [5, 5.41) is 9.26. The third-order valence-electron chi connectivity index (χ3n) is 2.79. The Balaban J connectivity index is 2.78.